The number of hydrogen-bond acceptors (Lipinski definition) is 2. The third-order valence-corrected chi connectivity index (χ3v) is 7.11. The van der Waals surface area contributed by atoms with Crippen LogP contribution in [0.25, 0.3) is 10.9 Å². The molecule has 116 valence electrons. The second kappa shape index (κ2) is 5.14. The highest BCUT2D eigenvalue weighted by Crippen LogP contribution is 2.30. The van der Waals surface area contributed by atoms with Gasteiger partial charge in [0, 0.05) is 11.6 Å². The van der Waals surface area contributed by atoms with E-state index in [1.165, 1.54) is 4.90 Å². The summed E-state index contributed by atoms with van der Waals surface area (Å²) < 4.78 is 0. The van der Waals surface area contributed by atoms with Gasteiger partial charge in [-0.05, 0) is 18.2 Å². The predicted molar refractivity (Wildman–Crippen MR) is 88.1 cm³/mol. The van der Waals surface area contributed by atoms with E-state index in [9.17, 15) is 14.7 Å². The van der Waals surface area contributed by atoms with Crippen molar-refractivity contribution in [3.05, 3.63) is 35.0 Å². The zero-order valence-corrected chi connectivity index (χ0v) is 14.1. The summed E-state index contributed by atoms with van der Waals surface area (Å²) in [5, 5.41) is 10.8. The van der Waals surface area contributed by atoms with Gasteiger partial charge in [0.1, 0.15) is 11.7 Å². The van der Waals surface area contributed by atoms with Crippen molar-refractivity contribution in [2.45, 2.75) is 25.2 Å². The van der Waals surface area contributed by atoms with Gasteiger partial charge in [0.2, 0.25) is 0 Å². The zero-order chi connectivity index (χ0) is 16.1. The highest BCUT2D eigenvalue weighted by Gasteiger charge is 2.45. The van der Waals surface area contributed by atoms with E-state index in [1.54, 1.807) is 12.1 Å². The largest absolute Gasteiger partial charge is 0.480 e. The Hall–Kier alpha value is -1.79. The van der Waals surface area contributed by atoms with Crippen molar-refractivity contribution < 1.29 is 14.7 Å². The van der Waals surface area contributed by atoms with Gasteiger partial charge in [0.05, 0.1) is 18.6 Å². The van der Waals surface area contributed by atoms with E-state index >= 15 is 0 Å². The Labute approximate surface area is 133 Å². The molecular weight excluding hydrogens is 320 g/mol. The summed E-state index contributed by atoms with van der Waals surface area (Å²) in [5.41, 5.74) is 1.09. The molecule has 1 aromatic heterocycles. The van der Waals surface area contributed by atoms with Crippen LogP contribution in [-0.4, -0.2) is 47.2 Å². The minimum absolute atomic E-state index is 0.266. The van der Waals surface area contributed by atoms with Gasteiger partial charge in [0.15, 0.2) is 0 Å². The molecule has 5 nitrogen and oxygen atoms in total. The molecule has 0 saturated carbocycles. The molecule has 0 spiro atoms. The molecule has 3 rings (SSSR count). The molecule has 1 fully saturated rings. The fourth-order valence-corrected chi connectivity index (χ4v) is 6.18. The van der Waals surface area contributed by atoms with Crippen LogP contribution in [0.15, 0.2) is 24.3 Å². The van der Waals surface area contributed by atoms with E-state index in [0.29, 0.717) is 28.4 Å². The topological polar surface area (TPSA) is 73.4 Å². The Kier molecular flexibility index (Phi) is 3.53. The van der Waals surface area contributed by atoms with Gasteiger partial charge < -0.3 is 15.0 Å². The van der Waals surface area contributed by atoms with Crippen molar-refractivity contribution >= 4 is 42.5 Å². The van der Waals surface area contributed by atoms with Gasteiger partial charge in [-0.3, -0.25) is 4.79 Å². The van der Waals surface area contributed by atoms with Crippen LogP contribution in [0, 0.1) is 0 Å². The van der Waals surface area contributed by atoms with E-state index in [4.69, 9.17) is 11.6 Å². The molecule has 1 unspecified atom stereocenters. The maximum Gasteiger partial charge on any atom is 0.326 e. The van der Waals surface area contributed by atoms with Crippen LogP contribution >= 0.6 is 11.6 Å². The molecular formula is C15H17ClN2O3Si. The lowest BCUT2D eigenvalue weighted by Gasteiger charge is -2.21. The SMILES string of the molecule is C[Si]1(C)CC(C(=O)O)N(C(=O)c2cc3cccc(Cl)c3[nH]2)C1. The number of aliphatic carboxylic acids is 1. The minimum atomic E-state index is -1.69. The molecule has 0 bridgehead atoms. The van der Waals surface area contributed by atoms with Crippen molar-refractivity contribution in [2.75, 3.05) is 6.17 Å². The molecule has 22 heavy (non-hydrogen) atoms. The van der Waals surface area contributed by atoms with Crippen molar-refractivity contribution in [3.8, 4) is 0 Å². The highest BCUT2D eigenvalue weighted by atomic mass is 35.5. The lowest BCUT2D eigenvalue weighted by molar-refractivity contribution is -0.141. The summed E-state index contributed by atoms with van der Waals surface area (Å²) in [6.07, 6.45) is 0.561. The third-order valence-electron chi connectivity index (χ3n) is 4.10. The van der Waals surface area contributed by atoms with Crippen molar-refractivity contribution in [3.63, 3.8) is 0 Å². The number of para-hydroxylation sites is 1. The number of carbonyl (C=O) groups is 2. The van der Waals surface area contributed by atoms with E-state index in [1.807, 2.05) is 12.1 Å². The van der Waals surface area contributed by atoms with Gasteiger partial charge in [0.25, 0.3) is 5.91 Å². The van der Waals surface area contributed by atoms with Crippen LogP contribution in [0.3, 0.4) is 0 Å². The second-order valence-corrected chi connectivity index (χ2v) is 12.0. The highest BCUT2D eigenvalue weighted by molar-refractivity contribution is 6.79. The standard InChI is InChI=1S/C15H17ClN2O3Si/c1-22(2)7-12(15(20)21)18(8-22)14(19)11-6-9-4-3-5-10(16)13(9)17-11/h3-6,12,17H,7-8H2,1-2H3,(H,20,21). The molecule has 1 amide bonds. The van der Waals surface area contributed by atoms with Crippen LogP contribution in [-0.2, 0) is 4.79 Å². The number of hydrogen-bond donors (Lipinski definition) is 2. The second-order valence-electron chi connectivity index (χ2n) is 6.54. The Balaban J connectivity index is 1.98. The number of H-pyrrole nitrogens is 1. The number of rotatable bonds is 2. The quantitative estimate of drug-likeness (QED) is 0.828. The van der Waals surface area contributed by atoms with Crippen LogP contribution in [0.5, 0.6) is 0 Å². The Morgan fingerprint density at radius 1 is 1.41 bits per heavy atom. The fraction of sp³-hybridized carbons (Fsp3) is 0.333. The molecule has 1 aliphatic heterocycles. The van der Waals surface area contributed by atoms with Gasteiger partial charge >= 0.3 is 5.97 Å². The summed E-state index contributed by atoms with van der Waals surface area (Å²) in [6.45, 7) is 4.22. The summed E-state index contributed by atoms with van der Waals surface area (Å²) in [5.74, 6) is -1.20. The van der Waals surface area contributed by atoms with E-state index in [-0.39, 0.29) is 5.91 Å². The van der Waals surface area contributed by atoms with Crippen LogP contribution in [0.2, 0.25) is 24.2 Å². The lowest BCUT2D eigenvalue weighted by Crippen LogP contribution is -2.41. The van der Waals surface area contributed by atoms with Gasteiger partial charge in [-0.15, -0.1) is 0 Å². The number of fused-ring (bicyclic) bond motifs is 1. The molecule has 2 heterocycles. The summed E-state index contributed by atoms with van der Waals surface area (Å²) >= 11 is 6.12. The first-order valence-electron chi connectivity index (χ1n) is 7.09. The number of carbonyl (C=O) groups excluding carboxylic acids is 1. The molecule has 0 radical (unpaired) electrons. The van der Waals surface area contributed by atoms with E-state index in [2.05, 4.69) is 18.1 Å². The smallest absolute Gasteiger partial charge is 0.326 e. The Morgan fingerprint density at radius 2 is 2.14 bits per heavy atom. The summed E-state index contributed by atoms with van der Waals surface area (Å²) in [7, 11) is -1.69. The van der Waals surface area contributed by atoms with E-state index < -0.39 is 20.1 Å². The summed E-state index contributed by atoms with van der Waals surface area (Å²) in [6, 6.07) is 7.03. The first-order chi connectivity index (χ1) is 10.3. The third kappa shape index (κ3) is 2.52. The average Bonchev–Trinajstić information content (AvgIpc) is 2.99. The van der Waals surface area contributed by atoms with Gasteiger partial charge in [-0.2, -0.15) is 0 Å². The Bertz CT molecular complexity index is 771. The molecule has 0 aliphatic carbocycles. The lowest BCUT2D eigenvalue weighted by atomic mass is 10.2. The first kappa shape index (κ1) is 15.1. The number of nitrogens with one attached hydrogen (secondary N) is 1. The average molecular weight is 337 g/mol. The molecule has 1 aliphatic rings. The molecule has 7 heteroatoms. The van der Waals surface area contributed by atoms with E-state index in [0.717, 1.165) is 5.39 Å². The zero-order valence-electron chi connectivity index (χ0n) is 12.4. The number of amides is 1. The van der Waals surface area contributed by atoms with Crippen molar-refractivity contribution in [1.29, 1.82) is 0 Å². The maximum atomic E-state index is 12.7. The minimum Gasteiger partial charge on any atom is -0.480 e. The van der Waals surface area contributed by atoms with Crippen molar-refractivity contribution in [2.24, 2.45) is 0 Å². The van der Waals surface area contributed by atoms with Gasteiger partial charge in [-0.25, -0.2) is 4.79 Å². The van der Waals surface area contributed by atoms with Gasteiger partial charge in [-0.1, -0.05) is 36.8 Å². The predicted octanol–water partition coefficient (Wildman–Crippen LogP) is 2.98. The number of carboxylic acid groups (broad SMARTS) is 1. The number of carboxylic acids is 1. The van der Waals surface area contributed by atoms with Crippen molar-refractivity contribution in [1.82, 2.24) is 9.88 Å². The number of benzene rings is 1. The summed E-state index contributed by atoms with van der Waals surface area (Å²) in [4.78, 5) is 28.7. The molecule has 1 aromatic carbocycles. The number of nitrogens with zero attached hydrogens (tertiary/aromatic N) is 1. The first-order valence-corrected chi connectivity index (χ1v) is 10.9. The molecule has 1 atom stereocenters. The number of aromatic nitrogens is 1. The normalized spacial score (nSPS) is 20.5. The molecule has 2 N–H and O–H groups in total. The number of aromatic amines is 1. The van der Waals surface area contributed by atoms with Crippen LogP contribution < -0.4 is 0 Å². The molecule has 1 saturated heterocycles. The number of halogens is 1. The monoisotopic (exact) mass is 336 g/mol. The fourth-order valence-electron chi connectivity index (χ4n) is 3.09. The van der Waals surface area contributed by atoms with Crippen LogP contribution in [0.4, 0.5) is 0 Å². The molecule has 2 aromatic rings. The Morgan fingerprint density at radius 3 is 2.77 bits per heavy atom. The maximum absolute atomic E-state index is 12.7. The van der Waals surface area contributed by atoms with Crippen LogP contribution in [0.1, 0.15) is 10.5 Å².